The van der Waals surface area contributed by atoms with E-state index in [0.29, 0.717) is 195 Å². The van der Waals surface area contributed by atoms with E-state index < -0.39 is 54.0 Å². The maximum absolute atomic E-state index is 14.5. The minimum absolute atomic E-state index is 0.0491. The number of allylic oxidation sites excluding steroid dienone is 6. The van der Waals surface area contributed by atoms with Gasteiger partial charge in [0.15, 0.2) is 11.2 Å². The molecule has 121 heavy (non-hydrogen) atoms. The molecule has 2 aromatic carbocycles. The number of nitrogen functional groups attached to an aromatic ring is 2. The molecule has 3 saturated heterocycles. The van der Waals surface area contributed by atoms with Crippen molar-refractivity contribution in [1.82, 2.24) is 54.7 Å². The average molecular weight is 1670 g/mol. The Kier molecular flexibility index (Phi) is 33.6. The number of aliphatic hydroxyl groups excluding tert-OH is 1. The van der Waals surface area contributed by atoms with Gasteiger partial charge in [-0.15, -0.1) is 0 Å². The molecule has 0 radical (unpaired) electrons. The van der Waals surface area contributed by atoms with Crippen LogP contribution in [0.25, 0.3) is 33.4 Å². The summed E-state index contributed by atoms with van der Waals surface area (Å²) in [6.45, 7) is 18.7. The summed E-state index contributed by atoms with van der Waals surface area (Å²) in [7, 11) is 1.64. The Balaban J connectivity index is 0.501. The number of anilines is 3. The van der Waals surface area contributed by atoms with E-state index in [0.717, 1.165) is 79.8 Å². The van der Waals surface area contributed by atoms with Crippen molar-refractivity contribution < 1.29 is 81.0 Å². The lowest BCUT2D eigenvalue weighted by molar-refractivity contribution is -0.167. The predicted octanol–water partition coefficient (Wildman–Crippen LogP) is 10.2. The zero-order valence-electron chi connectivity index (χ0n) is 71.0. The van der Waals surface area contributed by atoms with Crippen LogP contribution in [-0.4, -0.2) is 244 Å². The van der Waals surface area contributed by atoms with Crippen molar-refractivity contribution in [2.24, 2.45) is 23.7 Å². The second-order valence-corrected chi connectivity index (χ2v) is 33.2. The number of rotatable bonds is 26. The van der Waals surface area contributed by atoms with E-state index in [1.54, 1.807) is 45.5 Å². The molecular formula is C90H122N14O17. The van der Waals surface area contributed by atoms with Gasteiger partial charge in [-0.3, -0.25) is 28.9 Å². The minimum Gasteiger partial charge on any atom is -0.460 e. The Hall–Kier alpha value is -9.73. The molecule has 2 bridgehead atoms. The fraction of sp³-hybridized carbons (Fsp3) is 0.589. The van der Waals surface area contributed by atoms with Crippen molar-refractivity contribution in [2.45, 2.75) is 212 Å². The third kappa shape index (κ3) is 25.9. The van der Waals surface area contributed by atoms with Crippen LogP contribution < -0.4 is 21.7 Å². The number of aliphatic hydroxyl groups is 1. The van der Waals surface area contributed by atoms with E-state index >= 15 is 0 Å². The highest BCUT2D eigenvalue weighted by atomic mass is 16.6. The van der Waals surface area contributed by atoms with E-state index in [9.17, 15) is 38.7 Å². The van der Waals surface area contributed by atoms with E-state index in [1.807, 2.05) is 72.9 Å². The number of nitrogens with one attached hydrogen (secondary N) is 1. The van der Waals surface area contributed by atoms with E-state index in [4.69, 9.17) is 58.9 Å². The van der Waals surface area contributed by atoms with Crippen molar-refractivity contribution in [3.05, 3.63) is 125 Å². The first-order valence-corrected chi connectivity index (χ1v) is 43.3. The van der Waals surface area contributed by atoms with Crippen LogP contribution in [0, 0.1) is 23.7 Å². The smallest absolute Gasteiger partial charge is 0.407 e. The van der Waals surface area contributed by atoms with E-state index in [-0.39, 0.29) is 91.9 Å². The number of piperazine rings is 1. The molecule has 4 aromatic heterocycles. The number of nitrogens with two attached hydrogens (primary N) is 2. The zero-order valence-corrected chi connectivity index (χ0v) is 71.0. The number of carbonyl (C=O) groups excluding carboxylic acids is 7. The SMILES string of the molecule is CO[C@H]1CC2CCCC(O2)C(=O)C(=O)N2CCCC[C@H]2C(=O)O[C@H](CCC2CCC(OC(=O)NCc3cnc(N4CCN(CCOCCOCCOCCOCCC(=O)N5CCc6cc(Cn7nc(-c8ccc9oc(N)nc9c8)c8c(N)ncnc87)ccc6C5)CC4)nc3)CC2)CC(=O)[C@H](C)/C=C(\C)[C@@H](O)CC(=O)[C@H](C)C[C@H](C)/C=C/C=CC=C1C. The highest BCUT2D eigenvalue weighted by Gasteiger charge is 2.42. The normalized spacial score (nSPS) is 25.2. The monoisotopic (exact) mass is 1670 g/mol. The van der Waals surface area contributed by atoms with Crippen molar-refractivity contribution in [3.63, 3.8) is 0 Å². The highest BCUT2D eigenvalue weighted by Crippen LogP contribution is 2.36. The summed E-state index contributed by atoms with van der Waals surface area (Å²) >= 11 is 0. The number of nitrogens with zero attached hydrogens (tertiary/aromatic N) is 11. The molecule has 6 aromatic rings. The number of amides is 3. The van der Waals surface area contributed by atoms with Crippen LogP contribution in [-0.2, 0) is 92.7 Å². The van der Waals surface area contributed by atoms with Gasteiger partial charge in [0.2, 0.25) is 17.6 Å². The van der Waals surface area contributed by atoms with Crippen LogP contribution in [0.1, 0.15) is 166 Å². The second-order valence-electron chi connectivity index (χ2n) is 33.2. The number of hydrogen-bond acceptors (Lipinski definition) is 27. The molecule has 31 nitrogen and oxygen atoms in total. The minimum atomic E-state index is -1.09. The van der Waals surface area contributed by atoms with Crippen molar-refractivity contribution in [3.8, 4) is 11.3 Å². The fourth-order valence-electron chi connectivity index (χ4n) is 17.0. The Morgan fingerprint density at radius 2 is 1.47 bits per heavy atom. The van der Waals surface area contributed by atoms with Gasteiger partial charge in [0, 0.05) is 121 Å². The molecule has 5 aliphatic heterocycles. The largest absolute Gasteiger partial charge is 0.460 e. The summed E-state index contributed by atoms with van der Waals surface area (Å²) in [6, 6.07) is 10.9. The first-order chi connectivity index (χ1) is 58.6. The van der Waals surface area contributed by atoms with Gasteiger partial charge < -0.3 is 78.9 Å². The molecule has 0 spiro atoms. The molecular weight excluding hydrogens is 1550 g/mol. The van der Waals surface area contributed by atoms with Gasteiger partial charge in [-0.25, -0.2) is 34.2 Å². The van der Waals surface area contributed by atoms with Gasteiger partial charge in [-0.05, 0) is 162 Å². The number of ether oxygens (including phenoxy) is 8. The number of carbonyl (C=O) groups is 7. The first kappa shape index (κ1) is 90.5. The summed E-state index contributed by atoms with van der Waals surface area (Å²) in [6.07, 6.45) is 20.9. The number of esters is 1. The lowest BCUT2D eigenvalue weighted by atomic mass is 9.83. The summed E-state index contributed by atoms with van der Waals surface area (Å²) in [5, 5.41) is 19.7. The van der Waals surface area contributed by atoms with Gasteiger partial charge in [0.05, 0.1) is 89.5 Å². The number of alkyl carbamates (subject to hydrolysis) is 1. The summed E-state index contributed by atoms with van der Waals surface area (Å²) < 4.78 is 54.8. The number of piperidine rings is 1. The van der Waals surface area contributed by atoms with Crippen molar-refractivity contribution in [1.29, 1.82) is 0 Å². The molecule has 2 unspecified atom stereocenters. The highest BCUT2D eigenvalue weighted by molar-refractivity contribution is 6.38. The topological polar surface area (TPSA) is 386 Å². The molecule has 31 heteroatoms. The Bertz CT molecular complexity index is 4610. The summed E-state index contributed by atoms with van der Waals surface area (Å²) in [4.78, 5) is 127. The molecule has 3 amide bonds. The average Bonchev–Trinajstić information content (AvgIpc) is 1.61. The molecule has 654 valence electrons. The third-order valence-corrected chi connectivity index (χ3v) is 24.2. The van der Waals surface area contributed by atoms with Gasteiger partial charge >= 0.3 is 12.1 Å². The van der Waals surface area contributed by atoms with Gasteiger partial charge in [0.1, 0.15) is 59.3 Å². The Morgan fingerprint density at radius 3 is 2.23 bits per heavy atom. The summed E-state index contributed by atoms with van der Waals surface area (Å²) in [5.74, 6) is -2.14. The Labute approximate surface area is 708 Å². The molecule has 4 fully saturated rings. The molecule has 9 heterocycles. The molecule has 6 aliphatic rings. The number of benzene rings is 2. The second kappa shape index (κ2) is 44.9. The number of cyclic esters (lactones) is 1. The van der Waals surface area contributed by atoms with Crippen molar-refractivity contribution >= 4 is 81.1 Å². The molecule has 1 aliphatic carbocycles. The quantitative estimate of drug-likeness (QED) is 0.0170. The number of fused-ring (bicyclic) bond motifs is 6. The van der Waals surface area contributed by atoms with E-state index in [1.165, 1.54) is 16.8 Å². The third-order valence-electron chi connectivity index (χ3n) is 24.2. The number of hydrogen-bond donors (Lipinski definition) is 4. The maximum atomic E-state index is 14.5. The van der Waals surface area contributed by atoms with Crippen LogP contribution in [0.4, 0.5) is 22.6 Å². The van der Waals surface area contributed by atoms with Crippen LogP contribution in [0.3, 0.4) is 0 Å². The van der Waals surface area contributed by atoms with Crippen LogP contribution >= 0.6 is 0 Å². The lowest BCUT2D eigenvalue weighted by Gasteiger charge is -2.36. The summed E-state index contributed by atoms with van der Waals surface area (Å²) in [5.41, 5.74) is 20.9. The van der Waals surface area contributed by atoms with Crippen LogP contribution in [0.2, 0.25) is 0 Å². The molecule has 6 N–H and O–H groups in total. The van der Waals surface area contributed by atoms with Gasteiger partial charge in [-0.1, -0.05) is 75.4 Å². The predicted molar refractivity (Wildman–Crippen MR) is 454 cm³/mol. The standard InChI is InChI=1S/C90H122N14O17/c1-58-13-8-7-9-14-59(2)79(113-6)50-70-15-12-17-78(118-70)83(109)86(110)103-30-11-10-16-73(103)87(111)119-71(49-74(105)61(4)46-62(5)76(107)51-75(106)60(3)45-58)26-21-63-19-24-69(25-20-63)120-90(112)95-54-65-52-93-89(94-53-65)101-34-32-100(33-35-101)36-38-115-40-42-117-44-43-116-41-39-114-37-29-80(108)102-31-28-66-47-64(18-22-68(66)56-102)55-104-85-81(84(91)96-57-97-85)82(99-104)67-23-27-77-72(48-67)98-88(92)121-77/h7-9,13-14,18,22-23,27,46-48,52-53,57-58,60-61,63,69-71,73,76,78-79,107H,10-12,15-17,19-21,24-26,28-45,49-51,54-56H2,1-6H3,(H2,92,98)(H,95,112)(H2,91,96,97)/b9-7?,13-8+,59-14?,62-46+/t58-,60-,61-,63?,69?,70?,71-,73+,76+,78?,79+/m1/s1. The lowest BCUT2D eigenvalue weighted by Crippen LogP contribution is -2.54. The number of methoxy groups -OCH3 is 1. The van der Waals surface area contributed by atoms with Crippen molar-refractivity contribution in [2.75, 3.05) is 122 Å². The number of oxazole rings is 1. The maximum Gasteiger partial charge on any atom is 0.407 e. The first-order valence-electron chi connectivity index (χ1n) is 43.3. The molecule has 12 rings (SSSR count). The van der Waals surface area contributed by atoms with E-state index in [2.05, 4.69) is 58.2 Å². The van der Waals surface area contributed by atoms with Crippen LogP contribution in [0.5, 0.6) is 0 Å². The number of Topliss-reactive ketones (excluding diaryl/α,β-unsaturated/α-hetero) is 3. The fourth-order valence-corrected chi connectivity index (χ4v) is 17.0. The molecule has 1 saturated carbocycles. The Morgan fingerprint density at radius 1 is 0.719 bits per heavy atom. The number of ketones is 3. The number of aromatic nitrogens is 7. The molecule has 9 atom stereocenters. The zero-order chi connectivity index (χ0) is 85.3. The van der Waals surface area contributed by atoms with Gasteiger partial charge in [0.25, 0.3) is 11.9 Å². The van der Waals surface area contributed by atoms with Gasteiger partial charge in [-0.2, -0.15) is 10.1 Å². The van der Waals surface area contributed by atoms with Crippen LogP contribution in [0.15, 0.2) is 107 Å².